The van der Waals surface area contributed by atoms with Gasteiger partial charge in [-0.1, -0.05) is 20.8 Å². The summed E-state index contributed by atoms with van der Waals surface area (Å²) < 4.78 is 25.1. The van der Waals surface area contributed by atoms with Gasteiger partial charge in [-0.3, -0.25) is 15.0 Å². The van der Waals surface area contributed by atoms with Crippen molar-refractivity contribution >= 4 is 20.3 Å². The lowest BCUT2D eigenvalue weighted by atomic mass is 9.97. The van der Waals surface area contributed by atoms with E-state index in [4.69, 9.17) is 18.6 Å². The average Bonchev–Trinajstić information content (AvgIpc) is 2.94. The minimum absolute atomic E-state index is 0.0140. The smallest absolute Gasteiger partial charge is 0.326 e. The van der Waals surface area contributed by atoms with E-state index in [1.54, 1.807) is 4.90 Å². The van der Waals surface area contributed by atoms with Crippen LogP contribution in [0.4, 0.5) is 4.79 Å². The molecule has 27 heavy (non-hydrogen) atoms. The third-order valence-corrected chi connectivity index (χ3v) is 11.0. The second kappa shape index (κ2) is 5.76. The van der Waals surface area contributed by atoms with Crippen LogP contribution in [-0.2, 0) is 23.4 Å². The van der Waals surface area contributed by atoms with E-state index in [0.29, 0.717) is 0 Å². The number of imide groups is 1. The molecule has 0 unspecified atom stereocenters. The van der Waals surface area contributed by atoms with Crippen molar-refractivity contribution < 1.29 is 28.2 Å². The molecule has 8 nitrogen and oxygen atoms in total. The molecule has 1 N–H and O–H groups in total. The van der Waals surface area contributed by atoms with Crippen LogP contribution in [0.5, 0.6) is 0 Å². The summed E-state index contributed by atoms with van der Waals surface area (Å²) in [7, 11) is -2.18. The van der Waals surface area contributed by atoms with Crippen molar-refractivity contribution in [2.75, 3.05) is 0 Å². The number of rotatable bonds is 2. The van der Waals surface area contributed by atoms with Crippen LogP contribution in [0.2, 0.25) is 18.1 Å². The molecule has 9 heteroatoms. The fourth-order valence-electron chi connectivity index (χ4n) is 4.23. The maximum absolute atomic E-state index is 12.7. The van der Waals surface area contributed by atoms with Crippen molar-refractivity contribution in [2.24, 2.45) is 0 Å². The summed E-state index contributed by atoms with van der Waals surface area (Å²) in [5.41, 5.74) is 0. The zero-order valence-electron chi connectivity index (χ0n) is 17.1. The van der Waals surface area contributed by atoms with Gasteiger partial charge in [0.15, 0.2) is 20.3 Å². The van der Waals surface area contributed by atoms with Gasteiger partial charge in [-0.25, -0.2) is 4.79 Å². The molecule has 6 atom stereocenters. The van der Waals surface area contributed by atoms with Gasteiger partial charge in [0.2, 0.25) is 5.91 Å². The number of fused-ring (bicyclic) bond motifs is 7. The van der Waals surface area contributed by atoms with Crippen LogP contribution >= 0.6 is 0 Å². The van der Waals surface area contributed by atoms with Crippen LogP contribution < -0.4 is 5.32 Å². The van der Waals surface area contributed by atoms with Gasteiger partial charge in [-0.15, -0.1) is 0 Å². The topological polar surface area (TPSA) is 86.3 Å². The standard InChI is InChI=1S/C18H30N2O6Si/c1-17(2,3)27(6,7)26-11-9-8-10(21)19-16(22)20(9)15-14-13(12(11)23-15)24-18(4,5)25-14/h9,11-15H,8H2,1-7H3,(H,19,21,22)/t9-,11+,12+,13+,14+,15+/m0/s1. The predicted molar refractivity (Wildman–Crippen MR) is 98.3 cm³/mol. The molecular weight excluding hydrogens is 368 g/mol. The van der Waals surface area contributed by atoms with E-state index < -0.39 is 32.5 Å². The molecule has 0 aromatic carbocycles. The highest BCUT2D eigenvalue weighted by Gasteiger charge is 2.67. The van der Waals surface area contributed by atoms with Crippen molar-refractivity contribution in [3.63, 3.8) is 0 Å². The largest absolute Gasteiger partial charge is 0.409 e. The van der Waals surface area contributed by atoms with Crippen molar-refractivity contribution in [3.05, 3.63) is 0 Å². The molecule has 0 aromatic heterocycles. The summed E-state index contributed by atoms with van der Waals surface area (Å²) in [4.78, 5) is 26.4. The van der Waals surface area contributed by atoms with Gasteiger partial charge in [0.05, 0.1) is 18.6 Å². The Morgan fingerprint density at radius 1 is 1.15 bits per heavy atom. The zero-order valence-corrected chi connectivity index (χ0v) is 18.1. The molecule has 4 aliphatic heterocycles. The van der Waals surface area contributed by atoms with Crippen molar-refractivity contribution in [1.29, 1.82) is 0 Å². The number of amides is 3. The first-order valence-corrected chi connectivity index (χ1v) is 12.5. The molecule has 0 aliphatic carbocycles. The second-order valence-corrected chi connectivity index (χ2v) is 14.7. The van der Waals surface area contributed by atoms with Gasteiger partial charge in [0.25, 0.3) is 0 Å². The molecule has 152 valence electrons. The Bertz CT molecular complexity index is 675. The van der Waals surface area contributed by atoms with Gasteiger partial charge in [-0.2, -0.15) is 0 Å². The van der Waals surface area contributed by atoms with E-state index in [1.807, 2.05) is 13.8 Å². The van der Waals surface area contributed by atoms with Crippen LogP contribution in [0.15, 0.2) is 0 Å². The van der Waals surface area contributed by atoms with Gasteiger partial charge in [0.1, 0.15) is 18.3 Å². The molecular formula is C18H30N2O6Si. The lowest BCUT2D eigenvalue weighted by molar-refractivity contribution is -0.241. The fraction of sp³-hybridized carbons (Fsp3) is 0.889. The van der Waals surface area contributed by atoms with E-state index in [1.165, 1.54) is 0 Å². The van der Waals surface area contributed by atoms with Gasteiger partial charge >= 0.3 is 6.03 Å². The highest BCUT2D eigenvalue weighted by atomic mass is 28.4. The summed E-state index contributed by atoms with van der Waals surface area (Å²) in [5.74, 6) is -1.02. The number of hydrogen-bond donors (Lipinski definition) is 1. The Kier molecular flexibility index (Phi) is 4.12. The summed E-state index contributed by atoms with van der Waals surface area (Å²) in [6.07, 6.45) is -1.88. The van der Waals surface area contributed by atoms with E-state index >= 15 is 0 Å². The number of hydrogen-bond acceptors (Lipinski definition) is 6. The van der Waals surface area contributed by atoms with Crippen molar-refractivity contribution in [1.82, 2.24) is 10.2 Å². The van der Waals surface area contributed by atoms with Crippen LogP contribution in [0.3, 0.4) is 0 Å². The van der Waals surface area contributed by atoms with Gasteiger partial charge in [0, 0.05) is 0 Å². The molecule has 4 saturated heterocycles. The number of urea groups is 1. The minimum atomic E-state index is -2.18. The fourth-order valence-corrected chi connectivity index (χ4v) is 5.56. The Morgan fingerprint density at radius 3 is 2.41 bits per heavy atom. The number of nitrogens with one attached hydrogen (secondary N) is 1. The summed E-state index contributed by atoms with van der Waals surface area (Å²) in [5, 5.41) is 2.39. The third kappa shape index (κ3) is 2.95. The van der Waals surface area contributed by atoms with E-state index in [9.17, 15) is 9.59 Å². The second-order valence-electron chi connectivity index (χ2n) is 9.93. The molecule has 3 amide bonds. The van der Waals surface area contributed by atoms with Crippen LogP contribution in [-0.4, -0.2) is 67.6 Å². The van der Waals surface area contributed by atoms with Crippen molar-refractivity contribution in [3.8, 4) is 0 Å². The highest BCUT2D eigenvalue weighted by molar-refractivity contribution is 6.74. The first-order valence-electron chi connectivity index (χ1n) is 9.62. The molecule has 4 fully saturated rings. The molecule has 0 saturated carbocycles. The van der Waals surface area contributed by atoms with Crippen LogP contribution in [0.1, 0.15) is 41.0 Å². The predicted octanol–water partition coefficient (Wildman–Crippen LogP) is 1.95. The van der Waals surface area contributed by atoms with Crippen molar-refractivity contribution in [2.45, 2.75) is 102 Å². The first kappa shape index (κ1) is 19.3. The van der Waals surface area contributed by atoms with Crippen LogP contribution in [0, 0.1) is 0 Å². The lowest BCUT2D eigenvalue weighted by Crippen LogP contribution is -2.69. The molecule has 2 bridgehead atoms. The Balaban J connectivity index is 1.72. The monoisotopic (exact) mass is 398 g/mol. The number of carbonyl (C=O) groups excluding carboxylic acids is 2. The SMILES string of the molecule is CC1(C)O[C@@H]2[C@@H]3O[C@H]([C@@H]2O1)N1C(=O)NC(=O)C[C@H]1[C@H]3O[Si](C)(C)C(C)(C)C. The maximum Gasteiger partial charge on any atom is 0.326 e. The summed E-state index contributed by atoms with van der Waals surface area (Å²) >= 11 is 0. The Labute approximate surface area is 161 Å². The molecule has 0 radical (unpaired) electrons. The van der Waals surface area contributed by atoms with Crippen LogP contribution in [0.25, 0.3) is 0 Å². The van der Waals surface area contributed by atoms with Gasteiger partial charge < -0.3 is 18.6 Å². The molecule has 0 aromatic rings. The first-order chi connectivity index (χ1) is 12.3. The quantitative estimate of drug-likeness (QED) is 0.716. The normalized spacial score (nSPS) is 40.6. The minimum Gasteiger partial charge on any atom is -0.409 e. The Morgan fingerprint density at radius 2 is 1.78 bits per heavy atom. The van der Waals surface area contributed by atoms with E-state index in [0.717, 1.165) is 0 Å². The third-order valence-electron chi connectivity index (χ3n) is 6.51. The van der Waals surface area contributed by atoms with E-state index in [2.05, 4.69) is 39.2 Å². The average molecular weight is 399 g/mol. The van der Waals surface area contributed by atoms with Gasteiger partial charge in [-0.05, 0) is 32.0 Å². The molecule has 4 aliphatic rings. The highest BCUT2D eigenvalue weighted by Crippen LogP contribution is 2.49. The summed E-state index contributed by atoms with van der Waals surface area (Å²) in [6, 6.07) is -0.817. The van der Waals surface area contributed by atoms with E-state index in [-0.39, 0.29) is 41.7 Å². The lowest BCUT2D eigenvalue weighted by Gasteiger charge is -2.51. The zero-order chi connectivity index (χ0) is 19.9. The summed E-state index contributed by atoms with van der Waals surface area (Å²) in [6.45, 7) is 14.5. The Hall–Kier alpha value is -1.00. The number of carbonyl (C=O) groups is 2. The molecule has 4 rings (SSSR count). The number of nitrogens with zero attached hydrogens (tertiary/aromatic N) is 1. The number of ether oxygens (including phenoxy) is 3. The molecule has 4 heterocycles. The maximum atomic E-state index is 12.7. The molecule has 0 spiro atoms.